The van der Waals surface area contributed by atoms with Gasteiger partial charge in [0.2, 0.25) is 0 Å². The molecule has 0 fully saturated rings. The zero-order valence-corrected chi connectivity index (χ0v) is 11.0. The molecule has 3 heteroatoms. The van der Waals surface area contributed by atoms with Gasteiger partial charge < -0.3 is 9.84 Å². The van der Waals surface area contributed by atoms with Crippen molar-refractivity contribution in [3.8, 4) is 5.75 Å². The van der Waals surface area contributed by atoms with E-state index in [1.54, 1.807) is 19.1 Å². The van der Waals surface area contributed by atoms with Crippen LogP contribution in [-0.4, -0.2) is 11.2 Å². The predicted molar refractivity (Wildman–Crippen MR) is 72.6 cm³/mol. The second-order valence-corrected chi connectivity index (χ2v) is 4.64. The molecule has 2 aromatic carbocycles. The normalized spacial score (nSPS) is 13.9. The summed E-state index contributed by atoms with van der Waals surface area (Å²) in [7, 11) is 0. The molecule has 0 saturated heterocycles. The molecule has 2 atom stereocenters. The second kappa shape index (κ2) is 5.85. The Hall–Kier alpha value is -1.87. The third-order valence-electron chi connectivity index (χ3n) is 2.98. The summed E-state index contributed by atoms with van der Waals surface area (Å²) in [6.07, 6.45) is -1.20. The van der Waals surface area contributed by atoms with Crippen molar-refractivity contribution in [3.63, 3.8) is 0 Å². The van der Waals surface area contributed by atoms with E-state index in [1.807, 2.05) is 31.2 Å². The van der Waals surface area contributed by atoms with Gasteiger partial charge in [-0.05, 0) is 31.5 Å². The molecule has 2 unspecified atom stereocenters. The maximum atomic E-state index is 13.0. The zero-order valence-electron chi connectivity index (χ0n) is 11.0. The van der Waals surface area contributed by atoms with Crippen LogP contribution in [-0.2, 0) is 0 Å². The highest BCUT2D eigenvalue weighted by Crippen LogP contribution is 2.22. The van der Waals surface area contributed by atoms with Crippen LogP contribution < -0.4 is 4.74 Å². The van der Waals surface area contributed by atoms with Gasteiger partial charge in [-0.15, -0.1) is 0 Å². The first-order valence-corrected chi connectivity index (χ1v) is 6.23. The minimum absolute atomic E-state index is 0.352. The summed E-state index contributed by atoms with van der Waals surface area (Å²) in [5.41, 5.74) is 1.92. The van der Waals surface area contributed by atoms with Gasteiger partial charge in [-0.25, -0.2) is 4.39 Å². The molecule has 2 nitrogen and oxygen atoms in total. The first-order valence-electron chi connectivity index (χ1n) is 6.23. The summed E-state index contributed by atoms with van der Waals surface area (Å²) < 4.78 is 18.6. The number of benzene rings is 2. The van der Waals surface area contributed by atoms with E-state index in [0.29, 0.717) is 5.75 Å². The Kier molecular flexibility index (Phi) is 4.17. The largest absolute Gasteiger partial charge is 0.488 e. The fraction of sp³-hybridized carbons (Fsp3) is 0.250. The zero-order chi connectivity index (χ0) is 13.8. The summed E-state index contributed by atoms with van der Waals surface area (Å²) in [6.45, 7) is 3.75. The van der Waals surface area contributed by atoms with Gasteiger partial charge in [0.1, 0.15) is 23.8 Å². The van der Waals surface area contributed by atoms with E-state index in [9.17, 15) is 9.50 Å². The molecule has 19 heavy (non-hydrogen) atoms. The van der Waals surface area contributed by atoms with Gasteiger partial charge in [0.25, 0.3) is 0 Å². The molecule has 0 amide bonds. The second-order valence-electron chi connectivity index (χ2n) is 4.64. The lowest BCUT2D eigenvalue weighted by Gasteiger charge is -2.21. The number of ether oxygens (including phenoxy) is 1. The molecule has 0 saturated carbocycles. The molecule has 0 spiro atoms. The molecular weight excluding hydrogens is 243 g/mol. The highest BCUT2D eigenvalue weighted by molar-refractivity contribution is 5.25. The van der Waals surface area contributed by atoms with Crippen LogP contribution in [0.5, 0.6) is 5.75 Å². The van der Waals surface area contributed by atoms with Gasteiger partial charge in [0, 0.05) is 6.07 Å². The van der Waals surface area contributed by atoms with Gasteiger partial charge >= 0.3 is 0 Å². The number of aryl methyl sites for hydroxylation is 1. The number of halogens is 1. The van der Waals surface area contributed by atoms with Crippen molar-refractivity contribution in [2.24, 2.45) is 0 Å². The standard InChI is InChI=1S/C16H17FO2/c1-11-6-8-13(9-7-11)16(18)12(2)19-15-5-3-4-14(17)10-15/h3-10,12,16,18H,1-2H3. The summed E-state index contributed by atoms with van der Waals surface area (Å²) in [4.78, 5) is 0. The van der Waals surface area contributed by atoms with Crippen LogP contribution in [0.15, 0.2) is 48.5 Å². The van der Waals surface area contributed by atoms with Crippen LogP contribution in [0.2, 0.25) is 0 Å². The fourth-order valence-corrected chi connectivity index (χ4v) is 1.85. The van der Waals surface area contributed by atoms with Crippen molar-refractivity contribution < 1.29 is 14.2 Å². The molecule has 0 aliphatic carbocycles. The molecule has 0 aliphatic rings. The molecule has 2 aromatic rings. The van der Waals surface area contributed by atoms with Crippen molar-refractivity contribution in [1.82, 2.24) is 0 Å². The van der Waals surface area contributed by atoms with E-state index in [2.05, 4.69) is 0 Å². The average Bonchev–Trinajstić information content (AvgIpc) is 2.39. The number of hydrogen-bond acceptors (Lipinski definition) is 2. The molecule has 0 radical (unpaired) electrons. The van der Waals surface area contributed by atoms with Crippen molar-refractivity contribution >= 4 is 0 Å². The lowest BCUT2D eigenvalue weighted by Crippen LogP contribution is -2.21. The smallest absolute Gasteiger partial charge is 0.126 e. The van der Waals surface area contributed by atoms with E-state index in [1.165, 1.54) is 12.1 Å². The highest BCUT2D eigenvalue weighted by atomic mass is 19.1. The maximum Gasteiger partial charge on any atom is 0.126 e. The Morgan fingerprint density at radius 2 is 1.79 bits per heavy atom. The Labute approximate surface area is 112 Å². The maximum absolute atomic E-state index is 13.0. The molecule has 0 aromatic heterocycles. The Morgan fingerprint density at radius 3 is 2.42 bits per heavy atom. The number of aliphatic hydroxyl groups is 1. The number of rotatable bonds is 4. The summed E-state index contributed by atoms with van der Waals surface area (Å²) in [5, 5.41) is 10.2. The van der Waals surface area contributed by atoms with Crippen molar-refractivity contribution in [1.29, 1.82) is 0 Å². The van der Waals surface area contributed by atoms with Gasteiger partial charge in [-0.1, -0.05) is 35.9 Å². The molecule has 0 heterocycles. The first kappa shape index (κ1) is 13.6. The highest BCUT2D eigenvalue weighted by Gasteiger charge is 2.18. The minimum Gasteiger partial charge on any atom is -0.488 e. The van der Waals surface area contributed by atoms with Gasteiger partial charge in [-0.2, -0.15) is 0 Å². The molecular formula is C16H17FO2. The molecule has 2 rings (SSSR count). The molecule has 1 N–H and O–H groups in total. The first-order chi connectivity index (χ1) is 9.06. The predicted octanol–water partition coefficient (Wildman–Crippen LogP) is 3.64. The van der Waals surface area contributed by atoms with Crippen LogP contribution in [0.1, 0.15) is 24.2 Å². The van der Waals surface area contributed by atoms with E-state index in [-0.39, 0.29) is 5.82 Å². The van der Waals surface area contributed by atoms with Gasteiger partial charge in [-0.3, -0.25) is 0 Å². The van der Waals surface area contributed by atoms with E-state index in [4.69, 9.17) is 4.74 Å². The SMILES string of the molecule is Cc1ccc(C(O)C(C)Oc2cccc(F)c2)cc1. The third-order valence-corrected chi connectivity index (χ3v) is 2.98. The van der Waals surface area contributed by atoms with Crippen molar-refractivity contribution in [2.45, 2.75) is 26.1 Å². The lowest BCUT2D eigenvalue weighted by atomic mass is 10.0. The molecule has 100 valence electrons. The average molecular weight is 260 g/mol. The number of aliphatic hydroxyl groups excluding tert-OH is 1. The van der Waals surface area contributed by atoms with Crippen LogP contribution in [0.3, 0.4) is 0 Å². The van der Waals surface area contributed by atoms with Gasteiger partial charge in [0.05, 0.1) is 0 Å². The molecule has 0 aliphatic heterocycles. The fourth-order valence-electron chi connectivity index (χ4n) is 1.85. The van der Waals surface area contributed by atoms with E-state index >= 15 is 0 Å². The monoisotopic (exact) mass is 260 g/mol. The van der Waals surface area contributed by atoms with Crippen LogP contribution in [0.4, 0.5) is 4.39 Å². The summed E-state index contributed by atoms with van der Waals surface area (Å²) in [5.74, 6) is 0.0631. The van der Waals surface area contributed by atoms with Crippen LogP contribution in [0, 0.1) is 12.7 Å². The lowest BCUT2D eigenvalue weighted by molar-refractivity contribution is 0.0466. The topological polar surface area (TPSA) is 29.5 Å². The third kappa shape index (κ3) is 3.55. The van der Waals surface area contributed by atoms with Crippen LogP contribution >= 0.6 is 0 Å². The quantitative estimate of drug-likeness (QED) is 0.909. The summed E-state index contributed by atoms with van der Waals surface area (Å²) >= 11 is 0. The van der Waals surface area contributed by atoms with Crippen molar-refractivity contribution in [2.75, 3.05) is 0 Å². The Balaban J connectivity index is 2.07. The summed E-state index contributed by atoms with van der Waals surface area (Å²) in [6, 6.07) is 13.5. The van der Waals surface area contributed by atoms with Gasteiger partial charge in [0.15, 0.2) is 0 Å². The van der Waals surface area contributed by atoms with E-state index < -0.39 is 12.2 Å². The Morgan fingerprint density at radius 1 is 1.11 bits per heavy atom. The van der Waals surface area contributed by atoms with Crippen LogP contribution in [0.25, 0.3) is 0 Å². The van der Waals surface area contributed by atoms with E-state index in [0.717, 1.165) is 11.1 Å². The number of hydrogen-bond donors (Lipinski definition) is 1. The van der Waals surface area contributed by atoms with Crippen molar-refractivity contribution in [3.05, 3.63) is 65.5 Å². The Bertz CT molecular complexity index is 537. The minimum atomic E-state index is -0.746. The molecule has 0 bridgehead atoms.